The highest BCUT2D eigenvalue weighted by molar-refractivity contribution is 9.10. The fraction of sp³-hybridized carbons (Fsp3) is 0.125. The number of benzene rings is 3. The smallest absolute Gasteiger partial charge is 0.342 e. The zero-order valence-electron chi connectivity index (χ0n) is 16.5. The summed E-state index contributed by atoms with van der Waals surface area (Å²) in [5, 5.41) is 1.69. The number of halogens is 3. The van der Waals surface area contributed by atoms with Gasteiger partial charge in [0.1, 0.15) is 29.3 Å². The molecule has 0 aliphatic rings. The molecule has 0 N–H and O–H groups in total. The van der Waals surface area contributed by atoms with E-state index in [9.17, 15) is 4.79 Å². The zero-order valence-corrected chi connectivity index (χ0v) is 19.6. The van der Waals surface area contributed by atoms with Gasteiger partial charge in [-0.15, -0.1) is 0 Å². The summed E-state index contributed by atoms with van der Waals surface area (Å²) in [6.45, 7) is 2.26. The van der Waals surface area contributed by atoms with Gasteiger partial charge < -0.3 is 13.9 Å². The number of hydrogen-bond acceptors (Lipinski definition) is 4. The van der Waals surface area contributed by atoms with Crippen molar-refractivity contribution in [2.24, 2.45) is 0 Å². The van der Waals surface area contributed by atoms with Gasteiger partial charge in [0.2, 0.25) is 0 Å². The van der Waals surface area contributed by atoms with E-state index in [4.69, 9.17) is 37.1 Å². The van der Waals surface area contributed by atoms with Crippen LogP contribution in [0.15, 0.2) is 69.6 Å². The summed E-state index contributed by atoms with van der Waals surface area (Å²) in [4.78, 5) is 12.8. The quantitative estimate of drug-likeness (QED) is 0.243. The first-order valence-corrected chi connectivity index (χ1v) is 11.1. The van der Waals surface area contributed by atoms with Crippen LogP contribution in [0.25, 0.3) is 22.3 Å². The normalized spacial score (nSPS) is 11.0. The van der Waals surface area contributed by atoms with Gasteiger partial charge in [0.25, 0.3) is 0 Å². The Labute approximate surface area is 197 Å². The molecule has 0 saturated carbocycles. The number of esters is 1. The fourth-order valence-corrected chi connectivity index (χ4v) is 4.10. The van der Waals surface area contributed by atoms with Crippen LogP contribution in [0.1, 0.15) is 22.8 Å². The lowest BCUT2D eigenvalue weighted by Crippen LogP contribution is -2.05. The minimum absolute atomic E-state index is 0.234. The summed E-state index contributed by atoms with van der Waals surface area (Å²) in [6, 6.07) is 18.2. The Bertz CT molecular complexity index is 1250. The van der Waals surface area contributed by atoms with E-state index in [1.807, 2.05) is 36.4 Å². The van der Waals surface area contributed by atoms with E-state index in [2.05, 4.69) is 15.9 Å². The summed E-state index contributed by atoms with van der Waals surface area (Å²) in [5.41, 5.74) is 2.49. The van der Waals surface area contributed by atoms with Crippen LogP contribution in [-0.4, -0.2) is 12.6 Å². The lowest BCUT2D eigenvalue weighted by atomic mass is 10.1. The van der Waals surface area contributed by atoms with Gasteiger partial charge in [-0.2, -0.15) is 0 Å². The Balaban J connectivity index is 1.77. The SMILES string of the molecule is CCOC(=O)c1c(-c2ccccc2)oc2cc(Br)c(OCc3ccc(Cl)cc3Cl)cc12. The molecule has 0 unspecified atom stereocenters. The number of rotatable bonds is 6. The van der Waals surface area contributed by atoms with Gasteiger partial charge >= 0.3 is 5.97 Å². The summed E-state index contributed by atoms with van der Waals surface area (Å²) in [7, 11) is 0. The number of fused-ring (bicyclic) bond motifs is 1. The highest BCUT2D eigenvalue weighted by Crippen LogP contribution is 2.39. The molecule has 158 valence electrons. The zero-order chi connectivity index (χ0) is 22.0. The topological polar surface area (TPSA) is 48.7 Å². The van der Waals surface area contributed by atoms with E-state index in [-0.39, 0.29) is 13.2 Å². The van der Waals surface area contributed by atoms with Gasteiger partial charge in [-0.1, -0.05) is 59.6 Å². The van der Waals surface area contributed by atoms with Crippen molar-refractivity contribution in [3.63, 3.8) is 0 Å². The van der Waals surface area contributed by atoms with Crippen molar-refractivity contribution in [1.29, 1.82) is 0 Å². The number of furan rings is 1. The van der Waals surface area contributed by atoms with E-state index in [0.717, 1.165) is 11.1 Å². The molecule has 0 atom stereocenters. The van der Waals surface area contributed by atoms with Crippen molar-refractivity contribution in [3.05, 3.63) is 86.3 Å². The van der Waals surface area contributed by atoms with Crippen LogP contribution < -0.4 is 4.74 Å². The fourth-order valence-electron chi connectivity index (χ4n) is 3.20. The molecular formula is C24H17BrCl2O4. The van der Waals surface area contributed by atoms with E-state index < -0.39 is 5.97 Å². The second-order valence-electron chi connectivity index (χ2n) is 6.70. The summed E-state index contributed by atoms with van der Waals surface area (Å²) >= 11 is 15.7. The minimum Gasteiger partial charge on any atom is -0.488 e. The second-order valence-corrected chi connectivity index (χ2v) is 8.39. The molecule has 0 amide bonds. The number of carbonyl (C=O) groups excluding carboxylic acids is 1. The molecule has 1 aromatic heterocycles. The molecule has 0 aliphatic carbocycles. The third-order valence-corrected chi connectivity index (χ3v) is 5.86. The standard InChI is InChI=1S/C24H17BrCl2O4/c1-2-29-24(28)22-17-11-21(30-13-15-8-9-16(26)10-19(15)27)18(25)12-20(17)31-23(22)14-6-4-3-5-7-14/h3-12H,2,13H2,1H3. The molecular weight excluding hydrogens is 503 g/mol. The van der Waals surface area contributed by atoms with Crippen molar-refractivity contribution in [3.8, 4) is 17.1 Å². The Morgan fingerprint density at radius 2 is 1.84 bits per heavy atom. The van der Waals surface area contributed by atoms with E-state index in [1.54, 1.807) is 31.2 Å². The average Bonchev–Trinajstić information content (AvgIpc) is 3.12. The van der Waals surface area contributed by atoms with Gasteiger partial charge in [0.05, 0.1) is 11.1 Å². The largest absolute Gasteiger partial charge is 0.488 e. The molecule has 1 heterocycles. The molecule has 0 spiro atoms. The number of carbonyl (C=O) groups is 1. The molecule has 31 heavy (non-hydrogen) atoms. The second kappa shape index (κ2) is 9.35. The summed E-state index contributed by atoms with van der Waals surface area (Å²) in [6.07, 6.45) is 0. The van der Waals surface area contributed by atoms with Gasteiger partial charge in [-0.3, -0.25) is 0 Å². The van der Waals surface area contributed by atoms with Crippen molar-refractivity contribution < 1.29 is 18.7 Å². The van der Waals surface area contributed by atoms with Gasteiger partial charge in [0.15, 0.2) is 0 Å². The van der Waals surface area contributed by atoms with Crippen LogP contribution in [-0.2, 0) is 11.3 Å². The first-order chi connectivity index (χ1) is 15.0. The third-order valence-electron chi connectivity index (χ3n) is 4.66. The highest BCUT2D eigenvalue weighted by atomic mass is 79.9. The van der Waals surface area contributed by atoms with Crippen LogP contribution >= 0.6 is 39.1 Å². The molecule has 0 bridgehead atoms. The Morgan fingerprint density at radius 1 is 1.06 bits per heavy atom. The Kier molecular flexibility index (Phi) is 6.56. The van der Waals surface area contributed by atoms with Crippen LogP contribution in [0.4, 0.5) is 0 Å². The Hall–Kier alpha value is -2.47. The van der Waals surface area contributed by atoms with Gasteiger partial charge in [-0.05, 0) is 47.1 Å². The van der Waals surface area contributed by atoms with E-state index in [0.29, 0.717) is 42.6 Å². The summed E-state index contributed by atoms with van der Waals surface area (Å²) < 4.78 is 18.0. The number of hydrogen-bond donors (Lipinski definition) is 0. The molecule has 7 heteroatoms. The molecule has 4 rings (SSSR count). The van der Waals surface area contributed by atoms with Crippen LogP contribution in [0.5, 0.6) is 5.75 Å². The van der Waals surface area contributed by atoms with E-state index >= 15 is 0 Å². The maximum Gasteiger partial charge on any atom is 0.342 e. The van der Waals surface area contributed by atoms with Crippen LogP contribution in [0, 0.1) is 0 Å². The summed E-state index contributed by atoms with van der Waals surface area (Å²) in [5.74, 6) is 0.553. The van der Waals surface area contributed by atoms with Gasteiger partial charge in [0, 0.05) is 26.6 Å². The third kappa shape index (κ3) is 4.59. The first-order valence-electron chi connectivity index (χ1n) is 9.53. The maximum absolute atomic E-state index is 12.8. The molecule has 0 aliphatic heterocycles. The van der Waals surface area contributed by atoms with E-state index in [1.165, 1.54) is 0 Å². The molecule has 0 saturated heterocycles. The van der Waals surface area contributed by atoms with Crippen LogP contribution in [0.2, 0.25) is 10.0 Å². The minimum atomic E-state index is -0.450. The van der Waals surface area contributed by atoms with Gasteiger partial charge in [-0.25, -0.2) is 4.79 Å². The molecule has 3 aromatic carbocycles. The molecule has 4 nitrogen and oxygen atoms in total. The molecule has 4 aromatic rings. The van der Waals surface area contributed by atoms with Crippen molar-refractivity contribution in [2.75, 3.05) is 6.61 Å². The molecule has 0 radical (unpaired) electrons. The lowest BCUT2D eigenvalue weighted by molar-refractivity contribution is 0.0529. The monoisotopic (exact) mass is 518 g/mol. The highest BCUT2D eigenvalue weighted by Gasteiger charge is 2.24. The first kappa shape index (κ1) is 21.8. The molecule has 0 fully saturated rings. The van der Waals surface area contributed by atoms with Crippen molar-refractivity contribution >= 4 is 56.1 Å². The van der Waals surface area contributed by atoms with Crippen LogP contribution in [0.3, 0.4) is 0 Å². The predicted molar refractivity (Wildman–Crippen MR) is 126 cm³/mol. The predicted octanol–water partition coefficient (Wildman–Crippen LogP) is 7.92. The van der Waals surface area contributed by atoms with Crippen molar-refractivity contribution in [1.82, 2.24) is 0 Å². The average molecular weight is 520 g/mol. The Morgan fingerprint density at radius 3 is 2.55 bits per heavy atom. The number of ether oxygens (including phenoxy) is 2. The lowest BCUT2D eigenvalue weighted by Gasteiger charge is -2.10. The van der Waals surface area contributed by atoms with Crippen molar-refractivity contribution in [2.45, 2.75) is 13.5 Å². The maximum atomic E-state index is 12.8.